The molecule has 0 aliphatic carbocycles. The summed E-state index contributed by atoms with van der Waals surface area (Å²) in [5.41, 5.74) is 0.631. The molecule has 3 aliphatic rings. The van der Waals surface area contributed by atoms with Crippen molar-refractivity contribution in [3.63, 3.8) is 0 Å². The number of aromatic nitrogens is 1. The van der Waals surface area contributed by atoms with E-state index in [0.717, 1.165) is 28.0 Å². The van der Waals surface area contributed by atoms with Crippen LogP contribution in [0.3, 0.4) is 0 Å². The van der Waals surface area contributed by atoms with Crippen molar-refractivity contribution in [3.05, 3.63) is 44.4 Å². The predicted molar refractivity (Wildman–Crippen MR) is 124 cm³/mol. The SMILES string of the molecule is O=C(O)CN1C(=O)[C@@H]2[C@H](c3cccc(OCC(=O)N4CCOCC4)c3)c3sc(=O)[nH]c3S[C@@H]2C1=O. The normalized spacial score (nSPS) is 23.7. The van der Waals surface area contributed by atoms with Gasteiger partial charge in [-0.1, -0.05) is 35.2 Å². The van der Waals surface area contributed by atoms with Crippen molar-refractivity contribution in [2.24, 2.45) is 5.92 Å². The summed E-state index contributed by atoms with van der Waals surface area (Å²) in [5.74, 6) is -3.72. The van der Waals surface area contributed by atoms with Gasteiger partial charge in [0.1, 0.15) is 17.5 Å². The maximum Gasteiger partial charge on any atom is 0.323 e. The molecule has 13 heteroatoms. The maximum absolute atomic E-state index is 13.2. The lowest BCUT2D eigenvalue weighted by atomic mass is 9.83. The van der Waals surface area contributed by atoms with Gasteiger partial charge in [0.2, 0.25) is 11.8 Å². The van der Waals surface area contributed by atoms with Gasteiger partial charge in [-0.25, -0.2) is 0 Å². The van der Waals surface area contributed by atoms with Crippen LogP contribution < -0.4 is 9.61 Å². The molecule has 3 amide bonds. The molecule has 2 aromatic rings. The Balaban J connectivity index is 1.44. The van der Waals surface area contributed by atoms with Crippen LogP contribution in [0.5, 0.6) is 5.75 Å². The van der Waals surface area contributed by atoms with Gasteiger partial charge < -0.3 is 24.5 Å². The third-order valence-electron chi connectivity index (χ3n) is 6.15. The number of H-pyrrole nitrogens is 1. The summed E-state index contributed by atoms with van der Waals surface area (Å²) in [6, 6.07) is 6.85. The molecule has 2 N–H and O–H groups in total. The van der Waals surface area contributed by atoms with Gasteiger partial charge in [0.05, 0.1) is 24.2 Å². The minimum atomic E-state index is -1.28. The van der Waals surface area contributed by atoms with Gasteiger partial charge in [-0.3, -0.25) is 28.9 Å². The number of carboxylic acid groups (broad SMARTS) is 1. The standard InChI is InChI=1S/C22H21N3O8S2/c26-13(24-4-6-32-7-5-24)10-33-12-3-1-2-11(8-12)15-16-18(34-19-17(15)35-22(31)23-19)21(30)25(20(16)29)9-14(27)28/h1-3,8,15-16,18H,4-7,9-10H2,(H,23,31)(H,27,28)/t15-,16+,18-/m0/s1. The van der Waals surface area contributed by atoms with Crippen LogP contribution in [0, 0.1) is 5.92 Å². The number of imide groups is 1. The first-order valence-corrected chi connectivity index (χ1v) is 12.6. The second-order valence-electron chi connectivity index (χ2n) is 8.26. The van der Waals surface area contributed by atoms with Gasteiger partial charge >= 0.3 is 10.8 Å². The quantitative estimate of drug-likeness (QED) is 0.516. The van der Waals surface area contributed by atoms with Gasteiger partial charge in [0, 0.05) is 23.9 Å². The maximum atomic E-state index is 13.2. The number of hydrogen-bond acceptors (Lipinski definition) is 9. The number of thiazole rings is 1. The fourth-order valence-corrected chi connectivity index (χ4v) is 7.11. The molecule has 2 saturated heterocycles. The summed E-state index contributed by atoms with van der Waals surface area (Å²) in [6.07, 6.45) is 0. The van der Waals surface area contributed by atoms with Crippen LogP contribution >= 0.6 is 23.1 Å². The van der Waals surface area contributed by atoms with Gasteiger partial charge in [0.15, 0.2) is 6.61 Å². The number of likely N-dealkylation sites (tertiary alicyclic amines) is 1. The van der Waals surface area contributed by atoms with E-state index < -0.39 is 41.4 Å². The lowest BCUT2D eigenvalue weighted by molar-refractivity contribution is -0.149. The van der Waals surface area contributed by atoms with E-state index in [1.807, 2.05) is 0 Å². The molecule has 1 aromatic heterocycles. The average molecular weight is 520 g/mol. The molecule has 5 rings (SSSR count). The number of ether oxygens (including phenoxy) is 2. The van der Waals surface area contributed by atoms with Crippen molar-refractivity contribution in [3.8, 4) is 5.75 Å². The Morgan fingerprint density at radius 1 is 1.17 bits per heavy atom. The minimum absolute atomic E-state index is 0.164. The highest BCUT2D eigenvalue weighted by Gasteiger charge is 2.56. The Morgan fingerprint density at radius 3 is 2.69 bits per heavy atom. The smallest absolute Gasteiger partial charge is 0.323 e. The number of rotatable bonds is 6. The molecule has 3 aliphatic heterocycles. The molecule has 35 heavy (non-hydrogen) atoms. The van der Waals surface area contributed by atoms with Crippen LogP contribution in [-0.2, 0) is 23.9 Å². The number of carbonyl (C=O) groups is 4. The Hall–Kier alpha value is -3.16. The number of morpholine rings is 1. The third kappa shape index (κ3) is 4.46. The number of aliphatic carboxylic acids is 1. The van der Waals surface area contributed by atoms with Gasteiger partial charge in [-0.05, 0) is 17.7 Å². The Kier molecular flexibility index (Phi) is 6.38. The summed E-state index contributed by atoms with van der Waals surface area (Å²) in [5, 5.41) is 8.83. The number of thioether (sulfide) groups is 1. The van der Waals surface area contributed by atoms with E-state index in [0.29, 0.717) is 47.5 Å². The van der Waals surface area contributed by atoms with E-state index >= 15 is 0 Å². The topological polar surface area (TPSA) is 146 Å². The molecule has 0 bridgehead atoms. The van der Waals surface area contributed by atoms with E-state index in [-0.39, 0.29) is 17.4 Å². The number of amides is 3. The van der Waals surface area contributed by atoms with Crippen LogP contribution in [0.4, 0.5) is 0 Å². The number of fused-ring (bicyclic) bond motifs is 2. The summed E-state index contributed by atoms with van der Waals surface area (Å²) in [7, 11) is 0. The minimum Gasteiger partial charge on any atom is -0.484 e. The number of nitrogens with zero attached hydrogens (tertiary/aromatic N) is 2. The molecule has 2 fully saturated rings. The summed E-state index contributed by atoms with van der Waals surface area (Å²) >= 11 is 2.04. The highest BCUT2D eigenvalue weighted by molar-refractivity contribution is 8.00. The van der Waals surface area contributed by atoms with Crippen LogP contribution in [0.2, 0.25) is 0 Å². The number of benzene rings is 1. The number of carbonyl (C=O) groups excluding carboxylic acids is 3. The fraction of sp³-hybridized carbons (Fsp3) is 0.409. The highest BCUT2D eigenvalue weighted by atomic mass is 32.2. The molecular weight excluding hydrogens is 498 g/mol. The molecule has 3 atom stereocenters. The third-order valence-corrected chi connectivity index (χ3v) is 8.55. The van der Waals surface area contributed by atoms with Crippen molar-refractivity contribution < 1.29 is 33.8 Å². The lowest BCUT2D eigenvalue weighted by Gasteiger charge is -2.30. The van der Waals surface area contributed by atoms with Gasteiger partial charge in [-0.15, -0.1) is 0 Å². The molecule has 0 spiro atoms. The first kappa shape index (κ1) is 23.6. The zero-order valence-electron chi connectivity index (χ0n) is 18.3. The van der Waals surface area contributed by atoms with Crippen LogP contribution in [0.25, 0.3) is 0 Å². The number of hydrogen-bond donors (Lipinski definition) is 2. The van der Waals surface area contributed by atoms with E-state index in [1.165, 1.54) is 0 Å². The zero-order chi connectivity index (χ0) is 24.7. The van der Waals surface area contributed by atoms with Crippen LogP contribution in [0.1, 0.15) is 16.4 Å². The summed E-state index contributed by atoms with van der Waals surface area (Å²) in [4.78, 5) is 67.4. The van der Waals surface area contributed by atoms with Crippen LogP contribution in [0.15, 0.2) is 34.1 Å². The molecule has 11 nitrogen and oxygen atoms in total. The summed E-state index contributed by atoms with van der Waals surface area (Å²) < 4.78 is 11.0. The molecule has 0 unspecified atom stereocenters. The van der Waals surface area contributed by atoms with Gasteiger partial charge in [0.25, 0.3) is 5.91 Å². The predicted octanol–water partition coefficient (Wildman–Crippen LogP) is 0.350. The Bertz CT molecular complexity index is 1250. The number of carboxylic acids is 1. The van der Waals surface area contributed by atoms with E-state index in [2.05, 4.69) is 4.98 Å². The van der Waals surface area contributed by atoms with Crippen molar-refractivity contribution in [1.29, 1.82) is 0 Å². The number of nitrogens with one attached hydrogen (secondary N) is 1. The monoisotopic (exact) mass is 519 g/mol. The van der Waals surface area contributed by atoms with E-state index in [4.69, 9.17) is 9.47 Å². The second kappa shape index (κ2) is 9.47. The molecule has 184 valence electrons. The highest BCUT2D eigenvalue weighted by Crippen LogP contribution is 2.52. The van der Waals surface area contributed by atoms with Crippen molar-refractivity contribution in [2.75, 3.05) is 39.5 Å². The van der Waals surface area contributed by atoms with Crippen LogP contribution in [-0.4, -0.2) is 88.3 Å². The van der Waals surface area contributed by atoms with E-state index in [9.17, 15) is 29.1 Å². The second-order valence-corrected chi connectivity index (χ2v) is 10.4. The summed E-state index contributed by atoms with van der Waals surface area (Å²) in [6.45, 7) is 1.10. The average Bonchev–Trinajstić information content (AvgIpc) is 3.33. The first-order valence-electron chi connectivity index (χ1n) is 10.9. The van der Waals surface area contributed by atoms with Crippen molar-refractivity contribution >= 4 is 46.8 Å². The molecular formula is C22H21N3O8S2. The molecule has 4 heterocycles. The van der Waals surface area contributed by atoms with Crippen molar-refractivity contribution in [1.82, 2.24) is 14.8 Å². The zero-order valence-corrected chi connectivity index (χ0v) is 19.9. The Labute approximate surface area is 207 Å². The van der Waals surface area contributed by atoms with Gasteiger partial charge in [-0.2, -0.15) is 0 Å². The Morgan fingerprint density at radius 2 is 1.94 bits per heavy atom. The molecule has 0 radical (unpaired) electrons. The van der Waals surface area contributed by atoms with E-state index in [1.54, 1.807) is 29.2 Å². The van der Waals surface area contributed by atoms with Crippen molar-refractivity contribution in [2.45, 2.75) is 16.2 Å². The lowest BCUT2D eigenvalue weighted by Crippen LogP contribution is -2.42. The first-order chi connectivity index (χ1) is 16.8. The molecule has 0 saturated carbocycles. The molecule has 1 aromatic carbocycles. The fourth-order valence-electron chi connectivity index (χ4n) is 4.57. The number of aromatic amines is 1. The largest absolute Gasteiger partial charge is 0.484 e.